The number of nitrogens with zero attached hydrogens (tertiary/aromatic N) is 2. The summed E-state index contributed by atoms with van der Waals surface area (Å²) in [6, 6.07) is 11.6. The molecule has 2 heterocycles. The lowest BCUT2D eigenvalue weighted by Crippen LogP contribution is -2.36. The Morgan fingerprint density at radius 3 is 2.56 bits per heavy atom. The Morgan fingerprint density at radius 2 is 1.85 bits per heavy atom. The third-order valence-corrected chi connectivity index (χ3v) is 4.41. The van der Waals surface area contributed by atoms with E-state index in [0.29, 0.717) is 24.4 Å². The van der Waals surface area contributed by atoms with Crippen LogP contribution in [-0.2, 0) is 4.74 Å². The van der Waals surface area contributed by atoms with Gasteiger partial charge in [-0.2, -0.15) is 0 Å². The fourth-order valence-corrected chi connectivity index (χ4v) is 3.00. The summed E-state index contributed by atoms with van der Waals surface area (Å²) >= 11 is 0. The minimum Gasteiger partial charge on any atom is -0.457 e. The van der Waals surface area contributed by atoms with Crippen molar-refractivity contribution in [1.82, 2.24) is 0 Å². The maximum atomic E-state index is 12.4. The second-order valence-electron chi connectivity index (χ2n) is 6.07. The van der Waals surface area contributed by atoms with Crippen molar-refractivity contribution in [1.29, 1.82) is 0 Å². The molecule has 0 amide bonds. The molecule has 0 unspecified atom stereocenters. The van der Waals surface area contributed by atoms with Gasteiger partial charge >= 0.3 is 11.7 Å². The van der Waals surface area contributed by atoms with Crippen molar-refractivity contribution in [3.8, 4) is 5.75 Å². The Bertz CT molecular complexity index is 989. The monoisotopic (exact) mass is 368 g/mol. The molecule has 0 atom stereocenters. The smallest absolute Gasteiger partial charge is 0.343 e. The van der Waals surface area contributed by atoms with Crippen molar-refractivity contribution in [2.45, 2.75) is 0 Å². The molecule has 3 aromatic rings. The number of carbonyl (C=O) groups is 1. The summed E-state index contributed by atoms with van der Waals surface area (Å²) in [5.74, 6) is -0.316. The number of rotatable bonds is 4. The van der Waals surface area contributed by atoms with Gasteiger partial charge in [-0.15, -0.1) is 0 Å². The maximum absolute atomic E-state index is 12.4. The van der Waals surface area contributed by atoms with Crippen LogP contribution in [0.4, 0.5) is 11.4 Å². The first-order chi connectivity index (χ1) is 13.1. The van der Waals surface area contributed by atoms with E-state index >= 15 is 0 Å². The summed E-state index contributed by atoms with van der Waals surface area (Å²) in [7, 11) is 0. The predicted molar refractivity (Wildman–Crippen MR) is 97.3 cm³/mol. The number of benzene rings is 2. The molecule has 1 aliphatic rings. The molecule has 8 nitrogen and oxygen atoms in total. The van der Waals surface area contributed by atoms with E-state index < -0.39 is 10.9 Å². The zero-order valence-corrected chi connectivity index (χ0v) is 14.3. The molecular formula is C19H16N2O6. The summed E-state index contributed by atoms with van der Waals surface area (Å²) < 4.78 is 15.8. The third-order valence-electron chi connectivity index (χ3n) is 4.41. The van der Waals surface area contributed by atoms with Gasteiger partial charge in [-0.05, 0) is 42.5 Å². The standard InChI is InChI=1S/C19H16N2O6/c22-19(13-1-3-14(4-2-13)20-7-9-25-10-8-20)27-15-5-6-18-16(11-15)17(12-26-18)21(23)24/h1-6,11-12H,7-10H2. The van der Waals surface area contributed by atoms with Crippen LogP contribution in [0.25, 0.3) is 11.0 Å². The summed E-state index contributed by atoms with van der Waals surface area (Å²) in [6.45, 7) is 3.00. The van der Waals surface area contributed by atoms with Gasteiger partial charge in [0.1, 0.15) is 16.7 Å². The van der Waals surface area contributed by atoms with Gasteiger partial charge in [-0.3, -0.25) is 10.1 Å². The van der Waals surface area contributed by atoms with Crippen molar-refractivity contribution in [2.24, 2.45) is 0 Å². The molecule has 0 N–H and O–H groups in total. The number of furan rings is 1. The minimum atomic E-state index is -0.540. The highest BCUT2D eigenvalue weighted by molar-refractivity contribution is 5.93. The molecule has 0 saturated carbocycles. The molecular weight excluding hydrogens is 352 g/mol. The number of hydrogen-bond acceptors (Lipinski definition) is 7. The van der Waals surface area contributed by atoms with Crippen molar-refractivity contribution < 1.29 is 23.6 Å². The zero-order chi connectivity index (χ0) is 18.8. The van der Waals surface area contributed by atoms with Crippen LogP contribution in [-0.4, -0.2) is 37.2 Å². The average Bonchev–Trinajstić information content (AvgIpc) is 3.12. The molecule has 2 aromatic carbocycles. The maximum Gasteiger partial charge on any atom is 0.343 e. The molecule has 0 spiro atoms. The molecule has 4 rings (SSSR count). The van der Waals surface area contributed by atoms with Gasteiger partial charge in [0.2, 0.25) is 0 Å². The molecule has 27 heavy (non-hydrogen) atoms. The summed E-state index contributed by atoms with van der Waals surface area (Å²) in [6.07, 6.45) is 1.07. The van der Waals surface area contributed by atoms with E-state index in [1.54, 1.807) is 12.1 Å². The van der Waals surface area contributed by atoms with Crippen molar-refractivity contribution >= 4 is 28.3 Å². The van der Waals surface area contributed by atoms with Gasteiger partial charge in [-0.25, -0.2) is 4.79 Å². The SMILES string of the molecule is O=C(Oc1ccc2occ([N+](=O)[O-])c2c1)c1ccc(N2CCOCC2)cc1. The fourth-order valence-electron chi connectivity index (χ4n) is 3.00. The largest absolute Gasteiger partial charge is 0.457 e. The summed E-state index contributed by atoms with van der Waals surface area (Å²) in [4.78, 5) is 25.0. The number of morpholine rings is 1. The van der Waals surface area contributed by atoms with Gasteiger partial charge in [0.25, 0.3) is 0 Å². The highest BCUT2D eigenvalue weighted by Crippen LogP contribution is 2.31. The number of carbonyl (C=O) groups excluding carboxylic acids is 1. The first-order valence-electron chi connectivity index (χ1n) is 8.42. The second kappa shape index (κ2) is 7.08. The Labute approximate surface area is 154 Å². The van der Waals surface area contributed by atoms with Crippen molar-refractivity contribution in [3.63, 3.8) is 0 Å². The Hall–Kier alpha value is -3.39. The van der Waals surface area contributed by atoms with Crippen LogP contribution in [0.5, 0.6) is 5.75 Å². The van der Waals surface area contributed by atoms with E-state index in [4.69, 9.17) is 13.9 Å². The first-order valence-corrected chi connectivity index (χ1v) is 8.42. The van der Waals surface area contributed by atoms with Crippen LogP contribution in [0.3, 0.4) is 0 Å². The minimum absolute atomic E-state index is 0.169. The van der Waals surface area contributed by atoms with E-state index in [1.165, 1.54) is 18.2 Å². The van der Waals surface area contributed by atoms with E-state index in [1.807, 2.05) is 12.1 Å². The predicted octanol–water partition coefficient (Wildman–Crippen LogP) is 3.40. The molecule has 1 aromatic heterocycles. The van der Waals surface area contributed by atoms with Crippen LogP contribution >= 0.6 is 0 Å². The average molecular weight is 368 g/mol. The van der Waals surface area contributed by atoms with Crippen LogP contribution < -0.4 is 9.64 Å². The number of esters is 1. The summed E-state index contributed by atoms with van der Waals surface area (Å²) in [5, 5.41) is 11.3. The number of ether oxygens (including phenoxy) is 2. The molecule has 0 radical (unpaired) electrons. The van der Waals surface area contributed by atoms with Gasteiger partial charge < -0.3 is 18.8 Å². The number of nitro groups is 1. The van der Waals surface area contributed by atoms with Crippen LogP contribution in [0.2, 0.25) is 0 Å². The van der Waals surface area contributed by atoms with E-state index in [-0.39, 0.29) is 16.8 Å². The lowest BCUT2D eigenvalue weighted by atomic mass is 10.2. The van der Waals surface area contributed by atoms with Gasteiger partial charge in [0.15, 0.2) is 6.26 Å². The van der Waals surface area contributed by atoms with Crippen LogP contribution in [0.1, 0.15) is 10.4 Å². The molecule has 1 aliphatic heterocycles. The summed E-state index contributed by atoms with van der Waals surface area (Å²) in [5.41, 5.74) is 1.60. The molecule has 0 aliphatic carbocycles. The van der Waals surface area contributed by atoms with Gasteiger partial charge in [-0.1, -0.05) is 0 Å². The molecule has 8 heteroatoms. The second-order valence-corrected chi connectivity index (χ2v) is 6.07. The van der Waals surface area contributed by atoms with E-state index in [9.17, 15) is 14.9 Å². The van der Waals surface area contributed by atoms with Crippen molar-refractivity contribution in [3.05, 3.63) is 64.4 Å². The Balaban J connectivity index is 1.50. The number of fused-ring (bicyclic) bond motifs is 1. The molecule has 1 fully saturated rings. The molecule has 1 saturated heterocycles. The lowest BCUT2D eigenvalue weighted by Gasteiger charge is -2.28. The fraction of sp³-hybridized carbons (Fsp3) is 0.211. The Kier molecular flexibility index (Phi) is 4.47. The van der Waals surface area contributed by atoms with Crippen LogP contribution in [0, 0.1) is 10.1 Å². The van der Waals surface area contributed by atoms with Gasteiger partial charge in [0.05, 0.1) is 23.7 Å². The van der Waals surface area contributed by atoms with E-state index in [2.05, 4.69) is 4.90 Å². The molecule has 0 bridgehead atoms. The normalized spacial score (nSPS) is 14.3. The highest BCUT2D eigenvalue weighted by atomic mass is 16.6. The lowest BCUT2D eigenvalue weighted by molar-refractivity contribution is -0.383. The first kappa shape index (κ1) is 17.0. The third kappa shape index (κ3) is 3.47. The topological polar surface area (TPSA) is 95.0 Å². The Morgan fingerprint density at radius 1 is 1.11 bits per heavy atom. The zero-order valence-electron chi connectivity index (χ0n) is 14.3. The van der Waals surface area contributed by atoms with Gasteiger partial charge in [0, 0.05) is 18.8 Å². The van der Waals surface area contributed by atoms with E-state index in [0.717, 1.165) is 25.0 Å². The van der Waals surface area contributed by atoms with Crippen molar-refractivity contribution in [2.75, 3.05) is 31.2 Å². The van der Waals surface area contributed by atoms with Crippen LogP contribution in [0.15, 0.2) is 53.1 Å². The molecule has 138 valence electrons. The quantitative estimate of drug-likeness (QED) is 0.301. The number of hydrogen-bond donors (Lipinski definition) is 0. The number of anilines is 1. The highest BCUT2D eigenvalue weighted by Gasteiger charge is 2.18.